The topological polar surface area (TPSA) is 8.17 Å². The van der Waals surface area contributed by atoms with Crippen LogP contribution in [0.15, 0.2) is 224 Å². The number of nitrogens with zero attached hydrogens (tertiary/aromatic N) is 2. The molecule has 11 rings (SSSR count). The van der Waals surface area contributed by atoms with Crippen LogP contribution in [0.5, 0.6) is 0 Å². The van der Waals surface area contributed by atoms with Gasteiger partial charge in [-0.05, 0) is 111 Å². The normalized spacial score (nSPS) is 12.1. The fourth-order valence-corrected chi connectivity index (χ4v) is 9.26. The van der Waals surface area contributed by atoms with E-state index in [-0.39, 0.29) is 0 Å². The molecular weight excluding hydrogens is 725 g/mol. The molecule has 0 unspecified atom stereocenters. The van der Waals surface area contributed by atoms with Gasteiger partial charge in [0.05, 0.1) is 11.2 Å². The quantitative estimate of drug-likeness (QED) is 0.150. The second-order valence-electron chi connectivity index (χ2n) is 15.6. The molecule has 0 saturated carbocycles. The van der Waals surface area contributed by atoms with E-state index in [0.29, 0.717) is 0 Å². The van der Waals surface area contributed by atoms with Crippen molar-refractivity contribution in [3.05, 3.63) is 236 Å². The third-order valence-corrected chi connectivity index (χ3v) is 12.0. The van der Waals surface area contributed by atoms with Crippen molar-refractivity contribution >= 4 is 44.8 Å². The molecule has 0 fully saturated rings. The lowest BCUT2D eigenvalue weighted by Gasteiger charge is -2.28. The Balaban J connectivity index is 1.09. The molecule has 0 atom stereocenters. The molecule has 1 aliphatic rings. The van der Waals surface area contributed by atoms with E-state index in [1.807, 2.05) is 0 Å². The lowest BCUT2D eigenvalue weighted by Crippen LogP contribution is -2.11. The van der Waals surface area contributed by atoms with Crippen molar-refractivity contribution < 1.29 is 0 Å². The lowest BCUT2D eigenvalue weighted by atomic mass is 9.91. The van der Waals surface area contributed by atoms with Gasteiger partial charge in [-0.25, -0.2) is 0 Å². The highest BCUT2D eigenvalue weighted by molar-refractivity contribution is 6.16. The van der Waals surface area contributed by atoms with Crippen LogP contribution in [0.2, 0.25) is 0 Å². The summed E-state index contributed by atoms with van der Waals surface area (Å²) in [5.41, 5.74) is 18.1. The van der Waals surface area contributed by atoms with E-state index in [9.17, 15) is 0 Å². The first-order valence-electron chi connectivity index (χ1n) is 20.9. The molecular formula is C58H42N2. The van der Waals surface area contributed by atoms with E-state index in [4.69, 9.17) is 0 Å². The summed E-state index contributed by atoms with van der Waals surface area (Å²) in [6.45, 7) is 0. The zero-order chi connectivity index (χ0) is 39.8. The highest BCUT2D eigenvalue weighted by Crippen LogP contribution is 2.47. The van der Waals surface area contributed by atoms with Gasteiger partial charge in [0.25, 0.3) is 0 Å². The summed E-state index contributed by atoms with van der Waals surface area (Å²) in [7, 11) is 0. The minimum Gasteiger partial charge on any atom is -0.313 e. The largest absolute Gasteiger partial charge is 0.313 e. The fraction of sp³-hybridized carbons (Fsp3) is 0.0345. The number of fused-ring (bicyclic) bond motifs is 4. The van der Waals surface area contributed by atoms with Crippen LogP contribution < -0.4 is 4.90 Å². The second kappa shape index (κ2) is 15.2. The van der Waals surface area contributed by atoms with Crippen LogP contribution in [0.4, 0.5) is 17.1 Å². The summed E-state index contributed by atoms with van der Waals surface area (Å²) in [5, 5.41) is 3.80. The molecule has 0 aliphatic heterocycles. The van der Waals surface area contributed by atoms with Crippen LogP contribution in [0, 0.1) is 0 Å². The first-order chi connectivity index (χ1) is 29.8. The third kappa shape index (κ3) is 6.31. The van der Waals surface area contributed by atoms with Gasteiger partial charge in [0.2, 0.25) is 0 Å². The van der Waals surface area contributed by atoms with Crippen LogP contribution in [0.3, 0.4) is 0 Å². The van der Waals surface area contributed by atoms with Crippen molar-refractivity contribution in [2.75, 3.05) is 4.90 Å². The first kappa shape index (κ1) is 35.5. The van der Waals surface area contributed by atoms with Crippen molar-refractivity contribution in [1.29, 1.82) is 0 Å². The number of benzene rings is 9. The summed E-state index contributed by atoms with van der Waals surface area (Å²) >= 11 is 0. The van der Waals surface area contributed by atoms with Crippen molar-refractivity contribution in [3.8, 4) is 50.2 Å². The summed E-state index contributed by atoms with van der Waals surface area (Å²) < 4.78 is 2.51. The SMILES string of the molecule is C1=Cc2c(n(-c3ccccc3)c3cc4ccccc4c(-c4cccc(N(c5ccc(-c6ccc(-c7ccccc7)cc6)cc5)c5ccccc5-c5ccccc5)c4)c23)CC1. The molecule has 2 nitrogen and oxygen atoms in total. The Morgan fingerprint density at radius 3 is 1.75 bits per heavy atom. The Morgan fingerprint density at radius 1 is 0.433 bits per heavy atom. The standard InChI is InChI=1S/C58H42N2/c1-4-17-41(18-5-1)42-31-33-43(34-32-42)44-35-37-49(38-36-44)59(54-29-14-12-26-51(54)45-19-6-2-7-20-45)50-25-16-22-47(39-50)57-52-27-11-10-21-46(52)40-56-58(57)53-28-13-15-30-55(53)60(56)48-23-8-3-9-24-48/h1-14,16-29,31-40H,15,30H2. The van der Waals surface area contributed by atoms with Gasteiger partial charge in [-0.15, -0.1) is 0 Å². The molecule has 284 valence electrons. The molecule has 60 heavy (non-hydrogen) atoms. The van der Waals surface area contributed by atoms with Gasteiger partial charge in [0.1, 0.15) is 0 Å². The van der Waals surface area contributed by atoms with Crippen molar-refractivity contribution in [2.24, 2.45) is 0 Å². The van der Waals surface area contributed by atoms with Crippen molar-refractivity contribution in [1.82, 2.24) is 4.57 Å². The van der Waals surface area contributed by atoms with E-state index in [0.717, 1.165) is 29.9 Å². The van der Waals surface area contributed by atoms with Crippen LogP contribution in [0.25, 0.3) is 77.9 Å². The van der Waals surface area contributed by atoms with Gasteiger partial charge < -0.3 is 9.47 Å². The first-order valence-corrected chi connectivity index (χ1v) is 20.9. The maximum absolute atomic E-state index is 2.51. The zero-order valence-electron chi connectivity index (χ0n) is 33.2. The molecule has 1 aromatic heterocycles. The molecule has 1 aliphatic carbocycles. The molecule has 1 heterocycles. The zero-order valence-corrected chi connectivity index (χ0v) is 33.2. The summed E-state index contributed by atoms with van der Waals surface area (Å²) in [6, 6.07) is 79.4. The Morgan fingerprint density at radius 2 is 1.02 bits per heavy atom. The van der Waals surface area contributed by atoms with Crippen LogP contribution in [-0.4, -0.2) is 4.57 Å². The average molecular weight is 767 g/mol. The van der Waals surface area contributed by atoms with Crippen molar-refractivity contribution in [3.63, 3.8) is 0 Å². The maximum Gasteiger partial charge on any atom is 0.0550 e. The summed E-state index contributed by atoms with van der Waals surface area (Å²) in [6.07, 6.45) is 6.74. The number of rotatable bonds is 8. The summed E-state index contributed by atoms with van der Waals surface area (Å²) in [4.78, 5) is 2.43. The Bertz CT molecular complexity index is 3160. The number of hydrogen-bond donors (Lipinski definition) is 0. The summed E-state index contributed by atoms with van der Waals surface area (Å²) in [5.74, 6) is 0. The Hall–Kier alpha value is -7.68. The van der Waals surface area contributed by atoms with Gasteiger partial charge in [0, 0.05) is 39.3 Å². The maximum atomic E-state index is 2.51. The van der Waals surface area contributed by atoms with E-state index in [1.54, 1.807) is 0 Å². The highest BCUT2D eigenvalue weighted by Gasteiger charge is 2.24. The number of anilines is 3. The molecule has 10 aromatic rings. The molecule has 0 spiro atoms. The van der Waals surface area contributed by atoms with E-state index >= 15 is 0 Å². The minimum absolute atomic E-state index is 1.00. The monoisotopic (exact) mass is 766 g/mol. The van der Waals surface area contributed by atoms with E-state index in [2.05, 4.69) is 240 Å². The van der Waals surface area contributed by atoms with E-state index in [1.165, 1.54) is 83.1 Å². The number of hydrogen-bond acceptors (Lipinski definition) is 1. The molecule has 0 bridgehead atoms. The smallest absolute Gasteiger partial charge is 0.0550 e. The molecule has 0 saturated heterocycles. The van der Waals surface area contributed by atoms with Gasteiger partial charge in [-0.3, -0.25) is 0 Å². The highest BCUT2D eigenvalue weighted by atomic mass is 15.1. The van der Waals surface area contributed by atoms with Crippen LogP contribution >= 0.6 is 0 Å². The van der Waals surface area contributed by atoms with Gasteiger partial charge in [-0.1, -0.05) is 182 Å². The molecule has 0 amide bonds. The fourth-order valence-electron chi connectivity index (χ4n) is 9.26. The van der Waals surface area contributed by atoms with Gasteiger partial charge in [0.15, 0.2) is 0 Å². The van der Waals surface area contributed by atoms with Crippen molar-refractivity contribution in [2.45, 2.75) is 12.8 Å². The Kier molecular flexibility index (Phi) is 9.02. The minimum atomic E-state index is 1.00. The van der Waals surface area contributed by atoms with Crippen LogP contribution in [0.1, 0.15) is 17.7 Å². The molecule has 9 aromatic carbocycles. The number of para-hydroxylation sites is 2. The number of aromatic nitrogens is 1. The van der Waals surface area contributed by atoms with E-state index < -0.39 is 0 Å². The second-order valence-corrected chi connectivity index (χ2v) is 15.6. The van der Waals surface area contributed by atoms with Gasteiger partial charge >= 0.3 is 0 Å². The Labute approximate surface area is 351 Å². The van der Waals surface area contributed by atoms with Gasteiger partial charge in [-0.2, -0.15) is 0 Å². The van der Waals surface area contributed by atoms with Crippen LogP contribution in [-0.2, 0) is 6.42 Å². The predicted molar refractivity (Wildman–Crippen MR) is 255 cm³/mol. The average Bonchev–Trinajstić information content (AvgIpc) is 3.66. The molecule has 2 heteroatoms. The lowest BCUT2D eigenvalue weighted by molar-refractivity contribution is 0.889. The molecule has 0 N–H and O–H groups in total. The predicted octanol–water partition coefficient (Wildman–Crippen LogP) is 15.9. The number of allylic oxidation sites excluding steroid dienone is 1. The molecule has 0 radical (unpaired) electrons. The third-order valence-electron chi connectivity index (χ3n) is 12.0.